The molecular formula is C19H29N3O. The molecule has 4 nitrogen and oxygen atoms in total. The van der Waals surface area contributed by atoms with Crippen LogP contribution >= 0.6 is 0 Å². The minimum atomic E-state index is 0.236. The number of rotatable bonds is 3. The van der Waals surface area contributed by atoms with Crippen molar-refractivity contribution in [2.24, 2.45) is 5.92 Å². The van der Waals surface area contributed by atoms with Crippen LogP contribution in [-0.2, 0) is 11.2 Å². The summed E-state index contributed by atoms with van der Waals surface area (Å²) in [6.07, 6.45) is 6.86. The molecule has 1 aromatic rings. The van der Waals surface area contributed by atoms with Crippen LogP contribution in [0.25, 0.3) is 0 Å². The minimum absolute atomic E-state index is 0.236. The van der Waals surface area contributed by atoms with Crippen LogP contribution in [0.2, 0.25) is 0 Å². The summed E-state index contributed by atoms with van der Waals surface area (Å²) in [4.78, 5) is 16.9. The van der Waals surface area contributed by atoms with Gasteiger partial charge in [-0.2, -0.15) is 0 Å². The predicted octanol–water partition coefficient (Wildman–Crippen LogP) is 3.06. The monoisotopic (exact) mass is 315 g/mol. The summed E-state index contributed by atoms with van der Waals surface area (Å²) in [5.74, 6) is 1.05. The molecule has 4 heteroatoms. The van der Waals surface area contributed by atoms with E-state index >= 15 is 0 Å². The van der Waals surface area contributed by atoms with Crippen LogP contribution in [-0.4, -0.2) is 37.0 Å². The maximum absolute atomic E-state index is 12.7. The molecule has 126 valence electrons. The maximum Gasteiger partial charge on any atom is 0.242 e. The van der Waals surface area contributed by atoms with Gasteiger partial charge in [-0.3, -0.25) is 4.79 Å². The Balaban J connectivity index is 1.66. The molecule has 2 aliphatic rings. The first-order valence-corrected chi connectivity index (χ1v) is 8.94. The number of hydrogen-bond donors (Lipinski definition) is 1. The second kappa shape index (κ2) is 6.81. The molecule has 23 heavy (non-hydrogen) atoms. The third-order valence-electron chi connectivity index (χ3n) is 5.64. The van der Waals surface area contributed by atoms with Gasteiger partial charge in [-0.1, -0.05) is 13.0 Å². The summed E-state index contributed by atoms with van der Waals surface area (Å²) in [6, 6.07) is 6.46. The molecule has 1 saturated carbocycles. The standard InChI is InChI=1S/C19H29N3O/c1-14-8-10-15(11-9-14)21(2)19(23)13-22-12-4-5-16-17(20)6-3-7-18(16)22/h3,6-7,14-15H,4-5,8-13,20H2,1-2H3. The van der Waals surface area contributed by atoms with E-state index in [4.69, 9.17) is 5.73 Å². The van der Waals surface area contributed by atoms with Gasteiger partial charge in [-0.25, -0.2) is 0 Å². The molecule has 0 radical (unpaired) electrons. The number of nitrogens with zero attached hydrogens (tertiary/aromatic N) is 2. The Labute approximate surface area is 139 Å². The van der Waals surface area contributed by atoms with Crippen LogP contribution in [0.5, 0.6) is 0 Å². The number of carbonyl (C=O) groups excluding carboxylic acids is 1. The Hall–Kier alpha value is -1.71. The van der Waals surface area contributed by atoms with Gasteiger partial charge in [0, 0.05) is 31.0 Å². The Morgan fingerprint density at radius 3 is 2.78 bits per heavy atom. The smallest absolute Gasteiger partial charge is 0.242 e. The van der Waals surface area contributed by atoms with Gasteiger partial charge in [-0.15, -0.1) is 0 Å². The summed E-state index contributed by atoms with van der Waals surface area (Å²) >= 11 is 0. The van der Waals surface area contributed by atoms with Gasteiger partial charge in [0.2, 0.25) is 5.91 Å². The lowest BCUT2D eigenvalue weighted by molar-refractivity contribution is -0.131. The molecule has 1 amide bonds. The van der Waals surface area contributed by atoms with Gasteiger partial charge in [0.25, 0.3) is 0 Å². The van der Waals surface area contributed by atoms with Crippen molar-refractivity contribution < 1.29 is 4.79 Å². The molecule has 0 spiro atoms. The van der Waals surface area contributed by atoms with Crippen molar-refractivity contribution in [3.8, 4) is 0 Å². The van der Waals surface area contributed by atoms with E-state index in [0.717, 1.165) is 49.5 Å². The van der Waals surface area contributed by atoms with E-state index in [0.29, 0.717) is 12.6 Å². The highest BCUT2D eigenvalue weighted by atomic mass is 16.2. The molecule has 1 aromatic carbocycles. The van der Waals surface area contributed by atoms with Gasteiger partial charge in [0.1, 0.15) is 0 Å². The zero-order valence-corrected chi connectivity index (χ0v) is 14.4. The number of fused-ring (bicyclic) bond motifs is 1. The van der Waals surface area contributed by atoms with Crippen molar-refractivity contribution in [1.29, 1.82) is 0 Å². The number of likely N-dealkylation sites (N-methyl/N-ethyl adjacent to an activating group) is 1. The van der Waals surface area contributed by atoms with Gasteiger partial charge < -0.3 is 15.5 Å². The van der Waals surface area contributed by atoms with Crippen molar-refractivity contribution in [3.63, 3.8) is 0 Å². The Morgan fingerprint density at radius 2 is 2.04 bits per heavy atom. The number of carbonyl (C=O) groups is 1. The van der Waals surface area contributed by atoms with Crippen molar-refractivity contribution in [2.45, 2.75) is 51.5 Å². The third-order valence-corrected chi connectivity index (χ3v) is 5.64. The van der Waals surface area contributed by atoms with Crippen molar-refractivity contribution in [3.05, 3.63) is 23.8 Å². The lowest BCUT2D eigenvalue weighted by Crippen LogP contribution is -2.45. The molecule has 3 rings (SSSR count). The fraction of sp³-hybridized carbons (Fsp3) is 0.632. The molecule has 0 atom stereocenters. The number of benzene rings is 1. The number of anilines is 2. The van der Waals surface area contributed by atoms with Crippen LogP contribution in [0.15, 0.2) is 18.2 Å². The number of hydrogen-bond acceptors (Lipinski definition) is 3. The van der Waals surface area contributed by atoms with Crippen LogP contribution < -0.4 is 10.6 Å². The summed E-state index contributed by atoms with van der Waals surface area (Å²) in [6.45, 7) is 3.73. The first kappa shape index (κ1) is 16.2. The van der Waals surface area contributed by atoms with E-state index in [9.17, 15) is 4.79 Å². The SMILES string of the molecule is CC1CCC(N(C)C(=O)CN2CCCc3c(N)cccc32)CC1. The van der Waals surface area contributed by atoms with Crippen LogP contribution in [0.1, 0.15) is 44.6 Å². The highest BCUT2D eigenvalue weighted by Crippen LogP contribution is 2.31. The van der Waals surface area contributed by atoms with E-state index in [1.807, 2.05) is 24.1 Å². The van der Waals surface area contributed by atoms with Gasteiger partial charge in [0.15, 0.2) is 0 Å². The number of nitrogen functional groups attached to an aromatic ring is 1. The van der Waals surface area contributed by atoms with Crippen molar-refractivity contribution >= 4 is 17.3 Å². The maximum atomic E-state index is 12.7. The summed E-state index contributed by atoms with van der Waals surface area (Å²) in [5.41, 5.74) is 9.32. The molecule has 1 heterocycles. The topological polar surface area (TPSA) is 49.6 Å². The van der Waals surface area contributed by atoms with Crippen molar-refractivity contribution in [2.75, 3.05) is 30.8 Å². The van der Waals surface area contributed by atoms with E-state index in [2.05, 4.69) is 17.9 Å². The fourth-order valence-electron chi connectivity index (χ4n) is 4.00. The molecular weight excluding hydrogens is 286 g/mol. The zero-order valence-electron chi connectivity index (χ0n) is 14.4. The average molecular weight is 315 g/mol. The Kier molecular flexibility index (Phi) is 4.79. The second-order valence-electron chi connectivity index (χ2n) is 7.29. The van der Waals surface area contributed by atoms with E-state index in [-0.39, 0.29) is 5.91 Å². The summed E-state index contributed by atoms with van der Waals surface area (Å²) in [5, 5.41) is 0. The van der Waals surface area contributed by atoms with E-state index < -0.39 is 0 Å². The normalized spacial score (nSPS) is 24.2. The van der Waals surface area contributed by atoms with Gasteiger partial charge in [0.05, 0.1) is 6.54 Å². The van der Waals surface area contributed by atoms with Gasteiger partial charge >= 0.3 is 0 Å². The van der Waals surface area contributed by atoms with Crippen LogP contribution in [0.4, 0.5) is 11.4 Å². The Morgan fingerprint density at radius 1 is 1.30 bits per heavy atom. The molecule has 1 fully saturated rings. The van der Waals surface area contributed by atoms with E-state index in [1.165, 1.54) is 18.4 Å². The third kappa shape index (κ3) is 3.46. The summed E-state index contributed by atoms with van der Waals surface area (Å²) < 4.78 is 0. The van der Waals surface area contributed by atoms with E-state index in [1.54, 1.807) is 0 Å². The minimum Gasteiger partial charge on any atom is -0.398 e. The average Bonchev–Trinajstić information content (AvgIpc) is 2.56. The molecule has 0 aromatic heterocycles. The fourth-order valence-corrected chi connectivity index (χ4v) is 4.00. The number of amides is 1. The molecule has 1 aliphatic carbocycles. The van der Waals surface area contributed by atoms with Crippen LogP contribution in [0, 0.1) is 5.92 Å². The molecule has 0 unspecified atom stereocenters. The van der Waals surface area contributed by atoms with Gasteiger partial charge in [-0.05, 0) is 62.1 Å². The highest BCUT2D eigenvalue weighted by Gasteiger charge is 2.27. The predicted molar refractivity (Wildman–Crippen MR) is 95.6 cm³/mol. The lowest BCUT2D eigenvalue weighted by atomic mass is 9.87. The molecule has 0 saturated heterocycles. The van der Waals surface area contributed by atoms with Crippen molar-refractivity contribution in [1.82, 2.24) is 4.90 Å². The molecule has 1 aliphatic heterocycles. The largest absolute Gasteiger partial charge is 0.398 e. The van der Waals surface area contributed by atoms with Crippen LogP contribution in [0.3, 0.4) is 0 Å². The second-order valence-corrected chi connectivity index (χ2v) is 7.29. The first-order chi connectivity index (χ1) is 11.1. The zero-order chi connectivity index (χ0) is 16.4. The molecule has 0 bridgehead atoms. The Bertz CT molecular complexity index is 564. The quantitative estimate of drug-likeness (QED) is 0.872. The highest BCUT2D eigenvalue weighted by molar-refractivity contribution is 5.82. The lowest BCUT2D eigenvalue weighted by Gasteiger charge is -2.37. The number of nitrogens with two attached hydrogens (primary N) is 1. The summed E-state index contributed by atoms with van der Waals surface area (Å²) in [7, 11) is 1.98. The molecule has 2 N–H and O–H groups in total. The first-order valence-electron chi connectivity index (χ1n) is 8.94.